The van der Waals surface area contributed by atoms with E-state index >= 15 is 0 Å². The predicted molar refractivity (Wildman–Crippen MR) is 87.9 cm³/mol. The highest BCUT2D eigenvalue weighted by atomic mass is 16.2. The van der Waals surface area contributed by atoms with E-state index in [2.05, 4.69) is 32.6 Å². The molecule has 0 aliphatic carbocycles. The molecule has 1 fully saturated rings. The molecule has 21 heavy (non-hydrogen) atoms. The standard InChI is InChI=1S/C17H27N3O/c1-14-6-8-15(9-7-14)18(5)16(21)19-10-12-20(13-11-19)17(2,3)4/h6-9H,10-13H2,1-5H3. The van der Waals surface area contributed by atoms with Gasteiger partial charge in [-0.15, -0.1) is 0 Å². The van der Waals surface area contributed by atoms with E-state index in [1.165, 1.54) is 5.56 Å². The van der Waals surface area contributed by atoms with Crippen molar-refractivity contribution in [2.75, 3.05) is 38.1 Å². The molecule has 0 bridgehead atoms. The summed E-state index contributed by atoms with van der Waals surface area (Å²) in [6.45, 7) is 12.2. The monoisotopic (exact) mass is 289 g/mol. The summed E-state index contributed by atoms with van der Waals surface area (Å²) in [5.74, 6) is 0. The van der Waals surface area contributed by atoms with Crippen LogP contribution in [0.2, 0.25) is 0 Å². The van der Waals surface area contributed by atoms with Crippen LogP contribution in [0.4, 0.5) is 10.5 Å². The molecule has 1 aliphatic heterocycles. The van der Waals surface area contributed by atoms with Gasteiger partial charge in [0, 0.05) is 44.5 Å². The quantitative estimate of drug-likeness (QED) is 0.794. The van der Waals surface area contributed by atoms with E-state index in [0.29, 0.717) is 0 Å². The Morgan fingerprint density at radius 1 is 1.05 bits per heavy atom. The van der Waals surface area contributed by atoms with E-state index in [1.54, 1.807) is 4.90 Å². The predicted octanol–water partition coefficient (Wildman–Crippen LogP) is 2.97. The lowest BCUT2D eigenvalue weighted by Gasteiger charge is -2.43. The average Bonchev–Trinajstić information content (AvgIpc) is 2.46. The van der Waals surface area contributed by atoms with Crippen LogP contribution in [0.1, 0.15) is 26.3 Å². The van der Waals surface area contributed by atoms with E-state index in [0.717, 1.165) is 31.9 Å². The first-order chi connectivity index (χ1) is 9.79. The molecule has 2 rings (SSSR count). The minimum Gasteiger partial charge on any atom is -0.322 e. The van der Waals surface area contributed by atoms with Gasteiger partial charge in [0.1, 0.15) is 0 Å². The third kappa shape index (κ3) is 3.76. The molecule has 0 N–H and O–H groups in total. The van der Waals surface area contributed by atoms with Gasteiger partial charge in [0.15, 0.2) is 0 Å². The molecule has 0 aromatic heterocycles. The third-order valence-electron chi connectivity index (χ3n) is 4.21. The van der Waals surface area contributed by atoms with Gasteiger partial charge in [-0.2, -0.15) is 0 Å². The fourth-order valence-electron chi connectivity index (χ4n) is 2.66. The third-order valence-corrected chi connectivity index (χ3v) is 4.21. The smallest absolute Gasteiger partial charge is 0.322 e. The first kappa shape index (κ1) is 15.8. The normalized spacial score (nSPS) is 16.9. The second-order valence-corrected chi connectivity index (χ2v) is 6.82. The minimum atomic E-state index is 0.0902. The Labute approximate surface area is 128 Å². The molecule has 4 heteroatoms. The molecule has 1 heterocycles. The Hall–Kier alpha value is -1.55. The van der Waals surface area contributed by atoms with Crippen LogP contribution in [0.25, 0.3) is 0 Å². The molecule has 116 valence electrons. The van der Waals surface area contributed by atoms with Crippen LogP contribution in [0.5, 0.6) is 0 Å². The Bertz CT molecular complexity index is 482. The van der Waals surface area contributed by atoms with Crippen LogP contribution in [-0.4, -0.2) is 54.6 Å². The second kappa shape index (κ2) is 6.06. The molecule has 0 unspecified atom stereocenters. The van der Waals surface area contributed by atoms with Gasteiger partial charge in [-0.3, -0.25) is 9.80 Å². The van der Waals surface area contributed by atoms with Gasteiger partial charge in [-0.1, -0.05) is 17.7 Å². The van der Waals surface area contributed by atoms with Gasteiger partial charge in [-0.25, -0.2) is 4.79 Å². The lowest BCUT2D eigenvalue weighted by Crippen LogP contribution is -2.56. The highest BCUT2D eigenvalue weighted by Gasteiger charge is 2.29. The molecule has 0 spiro atoms. The average molecular weight is 289 g/mol. The van der Waals surface area contributed by atoms with E-state index in [9.17, 15) is 4.79 Å². The van der Waals surface area contributed by atoms with Crippen LogP contribution in [0, 0.1) is 6.92 Å². The summed E-state index contributed by atoms with van der Waals surface area (Å²) in [7, 11) is 1.85. The Kier molecular flexibility index (Phi) is 4.57. The van der Waals surface area contributed by atoms with Crippen molar-refractivity contribution in [1.82, 2.24) is 9.80 Å². The highest BCUT2D eigenvalue weighted by molar-refractivity contribution is 5.91. The number of urea groups is 1. The summed E-state index contributed by atoms with van der Waals surface area (Å²) in [6, 6.07) is 8.16. The van der Waals surface area contributed by atoms with Crippen molar-refractivity contribution in [1.29, 1.82) is 0 Å². The molecular weight excluding hydrogens is 262 g/mol. The van der Waals surface area contributed by atoms with E-state index < -0.39 is 0 Å². The maximum absolute atomic E-state index is 12.6. The molecule has 4 nitrogen and oxygen atoms in total. The summed E-state index contributed by atoms with van der Waals surface area (Å²) < 4.78 is 0. The molecular formula is C17H27N3O. The summed E-state index contributed by atoms with van der Waals surface area (Å²) in [4.78, 5) is 18.7. The van der Waals surface area contributed by atoms with Gasteiger partial charge in [0.2, 0.25) is 0 Å². The summed E-state index contributed by atoms with van der Waals surface area (Å²) in [5.41, 5.74) is 2.33. The number of hydrogen-bond donors (Lipinski definition) is 0. The van der Waals surface area contributed by atoms with Gasteiger partial charge >= 0.3 is 6.03 Å². The largest absolute Gasteiger partial charge is 0.324 e. The zero-order valence-corrected chi connectivity index (χ0v) is 13.9. The lowest BCUT2D eigenvalue weighted by molar-refractivity contribution is 0.0762. The number of hydrogen-bond acceptors (Lipinski definition) is 2. The summed E-state index contributed by atoms with van der Waals surface area (Å²) in [6.07, 6.45) is 0. The number of rotatable bonds is 1. The van der Waals surface area contributed by atoms with Crippen molar-refractivity contribution in [3.63, 3.8) is 0 Å². The Morgan fingerprint density at radius 2 is 1.57 bits per heavy atom. The number of benzene rings is 1. The van der Waals surface area contributed by atoms with Crippen molar-refractivity contribution in [3.8, 4) is 0 Å². The second-order valence-electron chi connectivity index (χ2n) is 6.82. The van der Waals surface area contributed by atoms with Gasteiger partial charge in [-0.05, 0) is 39.8 Å². The maximum atomic E-state index is 12.6. The van der Waals surface area contributed by atoms with Crippen LogP contribution >= 0.6 is 0 Å². The van der Waals surface area contributed by atoms with Crippen LogP contribution < -0.4 is 4.90 Å². The highest BCUT2D eigenvalue weighted by Crippen LogP contribution is 2.19. The number of anilines is 1. The zero-order valence-electron chi connectivity index (χ0n) is 13.9. The molecule has 0 atom stereocenters. The topological polar surface area (TPSA) is 26.8 Å². The van der Waals surface area contributed by atoms with E-state index in [4.69, 9.17) is 0 Å². The van der Waals surface area contributed by atoms with E-state index in [-0.39, 0.29) is 11.6 Å². The van der Waals surface area contributed by atoms with E-state index in [1.807, 2.05) is 36.2 Å². The summed E-state index contributed by atoms with van der Waals surface area (Å²) >= 11 is 0. The van der Waals surface area contributed by atoms with Gasteiger partial charge < -0.3 is 4.90 Å². The van der Waals surface area contributed by atoms with Crippen molar-refractivity contribution >= 4 is 11.7 Å². The number of amides is 2. The lowest BCUT2D eigenvalue weighted by atomic mass is 10.1. The van der Waals surface area contributed by atoms with Crippen molar-refractivity contribution < 1.29 is 4.79 Å². The van der Waals surface area contributed by atoms with Gasteiger partial charge in [0.05, 0.1) is 0 Å². The SMILES string of the molecule is Cc1ccc(N(C)C(=O)N2CCN(C(C)(C)C)CC2)cc1. The molecule has 2 amide bonds. The molecule has 1 saturated heterocycles. The van der Waals surface area contributed by atoms with Crippen molar-refractivity contribution in [2.45, 2.75) is 33.2 Å². The first-order valence-corrected chi connectivity index (χ1v) is 7.63. The van der Waals surface area contributed by atoms with Crippen molar-refractivity contribution in [2.24, 2.45) is 0 Å². The number of aryl methyl sites for hydroxylation is 1. The molecule has 1 aromatic rings. The maximum Gasteiger partial charge on any atom is 0.324 e. The number of nitrogens with zero attached hydrogens (tertiary/aromatic N) is 3. The van der Waals surface area contributed by atoms with Crippen molar-refractivity contribution in [3.05, 3.63) is 29.8 Å². The zero-order chi connectivity index (χ0) is 15.6. The number of carbonyl (C=O) groups excluding carboxylic acids is 1. The molecule has 1 aromatic carbocycles. The number of carbonyl (C=O) groups is 1. The van der Waals surface area contributed by atoms with Crippen LogP contribution in [0.15, 0.2) is 24.3 Å². The number of piperazine rings is 1. The minimum absolute atomic E-state index is 0.0902. The Morgan fingerprint density at radius 3 is 2.05 bits per heavy atom. The molecule has 0 saturated carbocycles. The molecule has 0 radical (unpaired) electrons. The molecule has 1 aliphatic rings. The van der Waals surface area contributed by atoms with Gasteiger partial charge in [0.25, 0.3) is 0 Å². The van der Waals surface area contributed by atoms with Crippen LogP contribution in [0.3, 0.4) is 0 Å². The Balaban J connectivity index is 1.97. The first-order valence-electron chi connectivity index (χ1n) is 7.63. The van der Waals surface area contributed by atoms with Crippen LogP contribution in [-0.2, 0) is 0 Å². The fourth-order valence-corrected chi connectivity index (χ4v) is 2.66. The fraction of sp³-hybridized carbons (Fsp3) is 0.588. The summed E-state index contributed by atoms with van der Waals surface area (Å²) in [5, 5.41) is 0.